The van der Waals surface area contributed by atoms with Crippen molar-refractivity contribution in [3.63, 3.8) is 0 Å². The minimum Gasteiger partial charge on any atom is -0.444 e. The summed E-state index contributed by atoms with van der Waals surface area (Å²) in [6, 6.07) is 8.68. The van der Waals surface area contributed by atoms with Gasteiger partial charge >= 0.3 is 12.2 Å². The number of anilines is 4. The van der Waals surface area contributed by atoms with Crippen LogP contribution in [0.1, 0.15) is 39.5 Å². The Morgan fingerprint density at radius 3 is 1.63 bits per heavy atom. The van der Waals surface area contributed by atoms with Gasteiger partial charge in [-0.25, -0.2) is 35.9 Å². The van der Waals surface area contributed by atoms with Crippen LogP contribution in [0.2, 0.25) is 0 Å². The first-order valence-corrected chi connectivity index (χ1v) is 19.6. The second-order valence-corrected chi connectivity index (χ2v) is 14.2. The van der Waals surface area contributed by atoms with Gasteiger partial charge in [-0.1, -0.05) is 29.5 Å². The smallest absolute Gasteiger partial charge is 0.414 e. The van der Waals surface area contributed by atoms with E-state index in [1.54, 1.807) is 34.3 Å². The molecule has 14 nitrogen and oxygen atoms in total. The van der Waals surface area contributed by atoms with E-state index >= 15 is 0 Å². The molecule has 6 rings (SSSR count). The summed E-state index contributed by atoms with van der Waals surface area (Å²) in [6.45, 7) is 7.39. The molecular formula is C36H43F6IN8O6. The van der Waals surface area contributed by atoms with E-state index in [1.807, 2.05) is 11.9 Å². The molecule has 0 radical (unpaired) electrons. The van der Waals surface area contributed by atoms with Gasteiger partial charge in [0.1, 0.15) is 36.5 Å². The summed E-state index contributed by atoms with van der Waals surface area (Å²) in [5, 5.41) is 9.94. The zero-order valence-electron chi connectivity index (χ0n) is 31.1. The third-order valence-corrected chi connectivity index (χ3v) is 8.84. The number of alkyl halides is 5. The van der Waals surface area contributed by atoms with Gasteiger partial charge in [-0.05, 0) is 60.6 Å². The van der Waals surface area contributed by atoms with E-state index in [-0.39, 0.29) is 38.8 Å². The fraction of sp³-hybridized carbons (Fsp3) is 0.500. The van der Waals surface area contributed by atoms with Crippen molar-refractivity contribution in [1.29, 1.82) is 0 Å². The number of cyclic esters (lactones) is 2. The van der Waals surface area contributed by atoms with Gasteiger partial charge in [-0.2, -0.15) is 10.2 Å². The van der Waals surface area contributed by atoms with E-state index in [2.05, 4.69) is 45.1 Å². The van der Waals surface area contributed by atoms with E-state index in [1.165, 1.54) is 38.8 Å². The lowest BCUT2D eigenvalue weighted by atomic mass is 10.1. The molecule has 2 amide bonds. The number of ether oxygens (including phenoxy) is 2. The van der Waals surface area contributed by atoms with Gasteiger partial charge in [0.2, 0.25) is 0 Å². The molecule has 57 heavy (non-hydrogen) atoms. The Balaban J connectivity index is 0.000000237. The summed E-state index contributed by atoms with van der Waals surface area (Å²) >= 11 is 2.29. The highest BCUT2D eigenvalue weighted by molar-refractivity contribution is 14.1. The molecule has 2 aromatic carbocycles. The number of nitrogens with one attached hydrogen (secondary N) is 1. The predicted octanol–water partition coefficient (Wildman–Crippen LogP) is 6.41. The molecule has 0 aliphatic carbocycles. The van der Waals surface area contributed by atoms with Gasteiger partial charge in [0.25, 0.3) is 12.9 Å². The minimum atomic E-state index is -3.03. The van der Waals surface area contributed by atoms with Crippen molar-refractivity contribution in [1.82, 2.24) is 10.4 Å². The maximum Gasteiger partial charge on any atom is 0.414 e. The molecular weight excluding hydrogens is 881 g/mol. The Labute approximate surface area is 338 Å². The minimum absolute atomic E-state index is 0.00320. The van der Waals surface area contributed by atoms with Crippen LogP contribution in [0.15, 0.2) is 46.6 Å². The first kappa shape index (κ1) is 44.9. The molecule has 21 heteroatoms. The SMILES string of the molecule is CCI.CCN1CCN(c2ccc(N3C[C@H](CCC(=O)C(F)F)OC3=O)cc2F)C=N1.O=C(CC[C@H]1CN(c2ccc(N3C=NNCC3)c(F)c2)C(=O)O1)C(F)F. The highest BCUT2D eigenvalue weighted by Gasteiger charge is 2.35. The molecule has 4 heterocycles. The van der Waals surface area contributed by atoms with Crippen LogP contribution in [0, 0.1) is 11.6 Å². The molecule has 2 fully saturated rings. The summed E-state index contributed by atoms with van der Waals surface area (Å²) in [6.07, 6.45) is -6.54. The predicted molar refractivity (Wildman–Crippen MR) is 210 cm³/mol. The number of nitrogens with zero attached hydrogens (tertiary/aromatic N) is 7. The van der Waals surface area contributed by atoms with Crippen molar-refractivity contribution in [3.05, 3.63) is 48.0 Å². The first-order valence-electron chi connectivity index (χ1n) is 18.1. The Kier molecular flexibility index (Phi) is 17.0. The molecule has 4 aliphatic rings. The van der Waals surface area contributed by atoms with Crippen LogP contribution >= 0.6 is 22.6 Å². The summed E-state index contributed by atoms with van der Waals surface area (Å²) in [5.41, 5.74) is 4.03. The number of rotatable bonds is 13. The lowest BCUT2D eigenvalue weighted by Crippen LogP contribution is -2.38. The first-order chi connectivity index (χ1) is 27.3. The molecule has 0 aromatic heterocycles. The third-order valence-electron chi connectivity index (χ3n) is 8.84. The lowest BCUT2D eigenvalue weighted by Gasteiger charge is -2.29. The molecule has 0 bridgehead atoms. The Bertz CT molecular complexity index is 1780. The van der Waals surface area contributed by atoms with Crippen LogP contribution in [0.5, 0.6) is 0 Å². The van der Waals surface area contributed by atoms with E-state index < -0.39 is 60.4 Å². The molecule has 2 atom stereocenters. The Morgan fingerprint density at radius 1 is 0.789 bits per heavy atom. The summed E-state index contributed by atoms with van der Waals surface area (Å²) in [7, 11) is 0. The largest absolute Gasteiger partial charge is 0.444 e. The van der Waals surface area contributed by atoms with Crippen molar-refractivity contribution < 1.29 is 55.0 Å². The fourth-order valence-electron chi connectivity index (χ4n) is 5.87. The summed E-state index contributed by atoms with van der Waals surface area (Å²) in [5.74, 6) is -3.42. The molecule has 2 aromatic rings. The standard InChI is InChI=1S/C18H21F3N4O3.C16H17F3N4O3.C2H5I/c1-2-24-8-7-23(11-22-24)15-5-3-12(9-14(15)19)25-10-13(28-18(25)27)4-6-16(26)17(20)21;17-12-7-10(1-3-13(12)22-6-5-20-21-9-22)23-8-11(26-16(23)25)2-4-14(24)15(18)19;1-2-3/h3,5,9,11,13,17H,2,4,6-8,10H2,1H3;1,3,7,9,11,15,20H,2,4-6,8H2;2H2,1H3/t13-;11-;/m00./s1. The number of hydrogen-bond acceptors (Lipinski definition) is 12. The van der Waals surface area contributed by atoms with E-state index in [4.69, 9.17) is 9.47 Å². The molecule has 4 aliphatic heterocycles. The lowest BCUT2D eigenvalue weighted by molar-refractivity contribution is -0.130. The van der Waals surface area contributed by atoms with Gasteiger partial charge in [0.05, 0.1) is 48.9 Å². The number of amides is 2. The number of hydrazone groups is 2. The molecule has 1 N–H and O–H groups in total. The van der Waals surface area contributed by atoms with Crippen molar-refractivity contribution in [2.24, 2.45) is 10.2 Å². The number of ketones is 2. The molecule has 312 valence electrons. The van der Waals surface area contributed by atoms with Gasteiger partial charge in [0, 0.05) is 32.5 Å². The van der Waals surface area contributed by atoms with Crippen LogP contribution in [0.4, 0.5) is 58.7 Å². The van der Waals surface area contributed by atoms with Crippen molar-refractivity contribution in [2.75, 3.05) is 69.8 Å². The molecule has 0 spiro atoms. The van der Waals surface area contributed by atoms with Crippen LogP contribution in [0.25, 0.3) is 0 Å². The number of carbonyl (C=O) groups is 4. The number of carbonyl (C=O) groups excluding carboxylic acids is 4. The Hall–Kier alpha value is -4.83. The van der Waals surface area contributed by atoms with Crippen molar-refractivity contribution in [3.8, 4) is 0 Å². The Morgan fingerprint density at radius 2 is 1.26 bits per heavy atom. The van der Waals surface area contributed by atoms with E-state index in [0.29, 0.717) is 48.9 Å². The van der Waals surface area contributed by atoms with E-state index in [0.717, 1.165) is 6.54 Å². The van der Waals surface area contributed by atoms with Crippen LogP contribution in [0.3, 0.4) is 0 Å². The average molecular weight is 925 g/mol. The van der Waals surface area contributed by atoms with Gasteiger partial charge in [0.15, 0.2) is 11.6 Å². The normalized spacial score (nSPS) is 18.9. The average Bonchev–Trinajstić information content (AvgIpc) is 3.77. The van der Waals surface area contributed by atoms with E-state index in [9.17, 15) is 45.5 Å². The zero-order chi connectivity index (χ0) is 41.6. The summed E-state index contributed by atoms with van der Waals surface area (Å²) in [4.78, 5) is 51.8. The quantitative estimate of drug-likeness (QED) is 0.136. The van der Waals surface area contributed by atoms with Gasteiger partial charge in [-0.3, -0.25) is 24.4 Å². The number of halogens is 7. The maximum atomic E-state index is 14.6. The molecule has 0 saturated carbocycles. The van der Waals surface area contributed by atoms with Gasteiger partial charge in [-0.15, -0.1) is 0 Å². The van der Waals surface area contributed by atoms with Crippen molar-refractivity contribution in [2.45, 2.75) is 64.6 Å². The number of hydrogen-bond donors (Lipinski definition) is 1. The molecule has 0 unspecified atom stereocenters. The molecule has 2 saturated heterocycles. The maximum absolute atomic E-state index is 14.6. The number of benzene rings is 2. The van der Waals surface area contributed by atoms with Crippen LogP contribution in [-0.4, -0.2) is 117 Å². The zero-order valence-corrected chi connectivity index (χ0v) is 33.3. The van der Waals surface area contributed by atoms with Crippen LogP contribution < -0.4 is 25.0 Å². The summed E-state index contributed by atoms with van der Waals surface area (Å²) < 4.78 is 89.4. The van der Waals surface area contributed by atoms with Gasteiger partial charge < -0.3 is 24.7 Å². The highest BCUT2D eigenvalue weighted by Crippen LogP contribution is 2.30. The monoisotopic (exact) mass is 924 g/mol. The third kappa shape index (κ3) is 12.6. The second kappa shape index (κ2) is 21.6. The highest BCUT2D eigenvalue weighted by atomic mass is 127. The number of Topliss-reactive ketones (excluding diaryl/α,β-unsaturated/α-hetero) is 2. The van der Waals surface area contributed by atoms with Crippen LogP contribution in [-0.2, 0) is 19.1 Å². The van der Waals surface area contributed by atoms with Crippen molar-refractivity contribution >= 4 is 81.8 Å². The number of likely N-dealkylation sites (N-methyl/N-ethyl adjacent to an activating group) is 1. The fourth-order valence-corrected chi connectivity index (χ4v) is 5.87. The second-order valence-electron chi connectivity index (χ2n) is 12.7. The topological polar surface area (TPSA) is 140 Å².